The molecule has 1 spiro atoms. The molecular formula is C48H53FN10O6. The lowest BCUT2D eigenvalue weighted by Gasteiger charge is -2.54. The molecule has 1 aromatic heterocycles. The molecule has 4 fully saturated rings. The number of piperidine rings is 2. The third-order valence-corrected chi connectivity index (χ3v) is 14.2. The largest absolute Gasteiger partial charge is 0.374 e. The number of fused-ring (bicyclic) bond motifs is 2. The minimum atomic E-state index is -1.04. The van der Waals surface area contributed by atoms with Crippen LogP contribution in [0.4, 0.5) is 27.1 Å². The summed E-state index contributed by atoms with van der Waals surface area (Å²) in [5, 5.41) is 20.3. The number of hydrazine groups is 1. The number of aryl methyl sites for hydroxylation is 1. The SMILES string of the molecule is CNC(=O)c1cccc(NC(=O)C2NN(C)c3ccc(-c4ccc(N5CCCC5O)cc4CN4CC5(CCN(c6cccc7c6n(C)c(=O)n7C6CCC(=O)NC6=O)CC5)C4)c(F)c32)c1. The van der Waals surface area contributed by atoms with E-state index < -0.39 is 35.9 Å². The molecule has 65 heavy (non-hydrogen) atoms. The highest BCUT2D eigenvalue weighted by atomic mass is 19.1. The second-order valence-electron chi connectivity index (χ2n) is 18.2. The molecule has 6 heterocycles. The molecule has 5 aromatic rings. The molecule has 0 bridgehead atoms. The molecule has 4 aromatic carbocycles. The van der Waals surface area contributed by atoms with E-state index in [9.17, 15) is 29.1 Å². The number of benzene rings is 4. The van der Waals surface area contributed by atoms with Crippen LogP contribution in [0.15, 0.2) is 77.6 Å². The van der Waals surface area contributed by atoms with Crippen LogP contribution in [-0.2, 0) is 28.0 Å². The monoisotopic (exact) mass is 884 g/mol. The number of hydrogen-bond acceptors (Lipinski definition) is 11. The molecule has 4 amide bonds. The Morgan fingerprint density at radius 3 is 2.42 bits per heavy atom. The van der Waals surface area contributed by atoms with Crippen LogP contribution in [0.1, 0.15) is 72.1 Å². The molecule has 16 nitrogen and oxygen atoms in total. The predicted octanol–water partition coefficient (Wildman–Crippen LogP) is 4.14. The molecule has 10 rings (SSSR count). The van der Waals surface area contributed by atoms with Gasteiger partial charge in [-0.25, -0.2) is 14.6 Å². The number of carbonyl (C=O) groups is 4. The number of nitrogens with zero attached hydrogens (tertiary/aromatic N) is 6. The third-order valence-electron chi connectivity index (χ3n) is 14.2. The van der Waals surface area contributed by atoms with Crippen molar-refractivity contribution in [1.29, 1.82) is 0 Å². The first-order chi connectivity index (χ1) is 31.3. The van der Waals surface area contributed by atoms with E-state index in [2.05, 4.69) is 37.2 Å². The number of amides is 4. The Kier molecular flexibility index (Phi) is 10.7. The number of halogens is 1. The van der Waals surface area contributed by atoms with Gasteiger partial charge in [0.15, 0.2) is 0 Å². The van der Waals surface area contributed by atoms with Crippen molar-refractivity contribution >= 4 is 57.4 Å². The number of anilines is 4. The number of rotatable bonds is 9. The molecule has 17 heteroatoms. The van der Waals surface area contributed by atoms with Crippen LogP contribution in [0, 0.1) is 11.2 Å². The van der Waals surface area contributed by atoms with E-state index in [-0.39, 0.29) is 41.3 Å². The summed E-state index contributed by atoms with van der Waals surface area (Å²) in [6.45, 7) is 4.58. The summed E-state index contributed by atoms with van der Waals surface area (Å²) in [6.07, 6.45) is 3.30. The van der Waals surface area contributed by atoms with Crippen molar-refractivity contribution < 1.29 is 28.7 Å². The first kappa shape index (κ1) is 42.4. The average molecular weight is 885 g/mol. The van der Waals surface area contributed by atoms with Gasteiger partial charge in [-0.15, -0.1) is 0 Å². The Morgan fingerprint density at radius 1 is 0.908 bits per heavy atom. The lowest BCUT2D eigenvalue weighted by Crippen LogP contribution is -2.59. The maximum absolute atomic E-state index is 17.2. The molecule has 0 saturated carbocycles. The van der Waals surface area contributed by atoms with Gasteiger partial charge in [-0.1, -0.05) is 18.2 Å². The first-order valence-electron chi connectivity index (χ1n) is 22.4. The molecular weight excluding hydrogens is 832 g/mol. The molecule has 5 aliphatic rings. The Labute approximate surface area is 374 Å². The van der Waals surface area contributed by atoms with Crippen LogP contribution in [0.2, 0.25) is 0 Å². The van der Waals surface area contributed by atoms with E-state index in [1.165, 1.54) is 11.6 Å². The summed E-state index contributed by atoms with van der Waals surface area (Å²) in [5.74, 6) is -2.04. The van der Waals surface area contributed by atoms with E-state index in [4.69, 9.17) is 0 Å². The fourth-order valence-electron chi connectivity index (χ4n) is 10.9. The van der Waals surface area contributed by atoms with Gasteiger partial charge in [0.2, 0.25) is 17.7 Å². The molecule has 338 valence electrons. The number of aliphatic hydroxyl groups excluding tert-OH is 1. The lowest BCUT2D eigenvalue weighted by molar-refractivity contribution is -0.135. The summed E-state index contributed by atoms with van der Waals surface area (Å²) in [4.78, 5) is 71.1. The smallest absolute Gasteiger partial charge is 0.329 e. The quantitative estimate of drug-likeness (QED) is 0.135. The number of aromatic nitrogens is 2. The standard InChI is InChI=1S/C48H53FN10O6/c1-50-44(62)28-7-4-8-30(23-28)51-46(64)42-40-34(55(3)53-42)15-14-33(41(40)49)32-13-12-31(58-20-6-11-39(58)61)24-29(32)25-56-26-48(27-56)18-21-57(22-19-48)35-9-5-10-36-43(35)54(2)47(65)59(36)37-16-17-38(60)52-45(37)63/h4-5,7-10,12-15,23-24,37,39,42,53,61H,6,11,16-22,25-27H2,1-3H3,(H,50,62)(H,51,64)(H,52,60,63). The summed E-state index contributed by atoms with van der Waals surface area (Å²) < 4.78 is 20.3. The van der Waals surface area contributed by atoms with Crippen LogP contribution in [0.5, 0.6) is 0 Å². The third kappa shape index (κ3) is 7.40. The van der Waals surface area contributed by atoms with Crippen molar-refractivity contribution in [2.75, 3.05) is 66.9 Å². The van der Waals surface area contributed by atoms with Crippen molar-refractivity contribution in [1.82, 2.24) is 30.1 Å². The highest BCUT2D eigenvalue weighted by Gasteiger charge is 2.45. The molecule has 3 unspecified atom stereocenters. The lowest BCUT2D eigenvalue weighted by atomic mass is 9.71. The molecule has 4 saturated heterocycles. The van der Waals surface area contributed by atoms with Crippen molar-refractivity contribution in [3.05, 3.63) is 106 Å². The van der Waals surface area contributed by atoms with Gasteiger partial charge >= 0.3 is 5.69 Å². The number of imidazole rings is 1. The molecule has 0 radical (unpaired) electrons. The van der Waals surface area contributed by atoms with Gasteiger partial charge in [-0.2, -0.15) is 0 Å². The Hall–Kier alpha value is -6.56. The Bertz CT molecular complexity index is 2820. The minimum Gasteiger partial charge on any atom is -0.374 e. The zero-order valence-corrected chi connectivity index (χ0v) is 36.7. The average Bonchev–Trinajstić information content (AvgIpc) is 3.96. The second-order valence-corrected chi connectivity index (χ2v) is 18.2. The molecule has 5 N–H and O–H groups in total. The first-order valence-corrected chi connectivity index (χ1v) is 22.4. The van der Waals surface area contributed by atoms with E-state index >= 15 is 4.39 Å². The fraction of sp³-hybridized carbons (Fsp3) is 0.396. The van der Waals surface area contributed by atoms with Gasteiger partial charge < -0.3 is 30.5 Å². The van der Waals surface area contributed by atoms with E-state index in [0.29, 0.717) is 46.5 Å². The van der Waals surface area contributed by atoms with E-state index in [1.807, 2.05) is 41.3 Å². The Balaban J connectivity index is 0.883. The van der Waals surface area contributed by atoms with Crippen LogP contribution in [-0.4, -0.2) is 95.8 Å². The maximum atomic E-state index is 17.2. The highest BCUT2D eigenvalue weighted by Crippen LogP contribution is 2.45. The van der Waals surface area contributed by atoms with Gasteiger partial charge in [0.05, 0.1) is 22.4 Å². The van der Waals surface area contributed by atoms with Crippen LogP contribution < -0.4 is 41.9 Å². The maximum Gasteiger partial charge on any atom is 0.329 e. The van der Waals surface area contributed by atoms with Crippen LogP contribution in [0.25, 0.3) is 22.2 Å². The number of nitrogens with one attached hydrogen (secondary N) is 4. The van der Waals surface area contributed by atoms with Gasteiger partial charge in [-0.05, 0) is 103 Å². The summed E-state index contributed by atoms with van der Waals surface area (Å²) in [6, 6.07) is 20.2. The molecule has 3 atom stereocenters. The number of carbonyl (C=O) groups excluding carboxylic acids is 4. The predicted molar refractivity (Wildman–Crippen MR) is 245 cm³/mol. The van der Waals surface area contributed by atoms with Crippen LogP contribution in [0.3, 0.4) is 0 Å². The van der Waals surface area contributed by atoms with Gasteiger partial charge in [-0.3, -0.25) is 38.5 Å². The van der Waals surface area contributed by atoms with Crippen molar-refractivity contribution in [2.24, 2.45) is 12.5 Å². The van der Waals surface area contributed by atoms with Gasteiger partial charge in [0.1, 0.15) is 24.1 Å². The number of para-hydroxylation sites is 1. The topological polar surface area (TPSA) is 177 Å². The molecule has 5 aliphatic heterocycles. The van der Waals surface area contributed by atoms with E-state index in [1.54, 1.807) is 54.0 Å². The number of hydrogen-bond donors (Lipinski definition) is 5. The number of aliphatic hydroxyl groups is 1. The molecule has 0 aliphatic carbocycles. The second kappa shape index (κ2) is 16.5. The fourth-order valence-corrected chi connectivity index (χ4v) is 10.9. The summed E-state index contributed by atoms with van der Waals surface area (Å²) in [5.41, 5.74) is 9.77. The van der Waals surface area contributed by atoms with Crippen molar-refractivity contribution in [3.8, 4) is 11.1 Å². The van der Waals surface area contributed by atoms with Gasteiger partial charge in [0.25, 0.3) is 5.91 Å². The van der Waals surface area contributed by atoms with Crippen LogP contribution >= 0.6 is 0 Å². The summed E-state index contributed by atoms with van der Waals surface area (Å²) in [7, 11) is 5.01. The van der Waals surface area contributed by atoms with E-state index in [0.717, 1.165) is 74.4 Å². The van der Waals surface area contributed by atoms with Crippen molar-refractivity contribution in [3.63, 3.8) is 0 Å². The summed E-state index contributed by atoms with van der Waals surface area (Å²) >= 11 is 0. The zero-order chi connectivity index (χ0) is 45.3. The highest BCUT2D eigenvalue weighted by molar-refractivity contribution is 6.01. The number of imide groups is 1. The zero-order valence-electron chi connectivity index (χ0n) is 36.7. The Morgan fingerprint density at radius 2 is 1.68 bits per heavy atom. The minimum absolute atomic E-state index is 0.0906. The van der Waals surface area contributed by atoms with Crippen molar-refractivity contribution in [2.45, 2.75) is 63.4 Å². The number of likely N-dealkylation sites (tertiary alicyclic amines) is 1. The van der Waals surface area contributed by atoms with Gasteiger partial charge in [0, 0.05) is 94.9 Å². The normalized spacial score (nSPS) is 21.7.